The lowest BCUT2D eigenvalue weighted by atomic mass is 9.87. The molecule has 2 aliphatic rings. The Morgan fingerprint density at radius 1 is 1.03 bits per heavy atom. The van der Waals surface area contributed by atoms with Gasteiger partial charge in [-0.3, -0.25) is 0 Å². The van der Waals surface area contributed by atoms with E-state index in [9.17, 15) is 13.6 Å². The minimum atomic E-state index is -3.31. The largest absolute Gasteiger partial charge is 0.710 e. The number of benzene rings is 1. The molecular weight excluding hydrogens is 410 g/mol. The normalized spacial score (nSPS) is 22.0. The predicted octanol–water partition coefficient (Wildman–Crippen LogP) is 4.70. The maximum atomic E-state index is 13.0. The zero-order valence-electron chi connectivity index (χ0n) is 18.0. The van der Waals surface area contributed by atoms with Gasteiger partial charge in [-0.25, -0.2) is 18.1 Å². The third-order valence-corrected chi connectivity index (χ3v) is 9.10. The van der Waals surface area contributed by atoms with Crippen molar-refractivity contribution in [3.05, 3.63) is 47.4 Å². The summed E-state index contributed by atoms with van der Waals surface area (Å²) in [6.45, 7) is 4.07. The van der Waals surface area contributed by atoms with E-state index < -0.39 is 9.84 Å². The summed E-state index contributed by atoms with van der Waals surface area (Å²) >= 11 is 0. The Labute approximate surface area is 183 Å². The van der Waals surface area contributed by atoms with Crippen molar-refractivity contribution >= 4 is 26.6 Å². The summed E-state index contributed by atoms with van der Waals surface area (Å²) in [4.78, 5) is 3.40. The topological polar surface area (TPSA) is 88.9 Å². The van der Waals surface area contributed by atoms with Gasteiger partial charge >= 0.3 is 0 Å². The van der Waals surface area contributed by atoms with E-state index in [1.165, 1.54) is 12.8 Å². The number of anilines is 1. The molecule has 7 heteroatoms. The Kier molecular flexibility index (Phi) is 4.96. The average molecular weight is 440 g/mol. The molecule has 1 aromatic carbocycles. The van der Waals surface area contributed by atoms with Gasteiger partial charge in [-0.2, -0.15) is 0 Å². The van der Waals surface area contributed by atoms with Crippen molar-refractivity contribution in [3.63, 3.8) is 0 Å². The van der Waals surface area contributed by atoms with Crippen molar-refractivity contribution in [3.8, 4) is 11.1 Å². The van der Waals surface area contributed by atoms with Crippen LogP contribution >= 0.6 is 0 Å². The van der Waals surface area contributed by atoms with E-state index in [1.54, 1.807) is 25.3 Å². The summed E-state index contributed by atoms with van der Waals surface area (Å²) < 4.78 is 26.8. The first kappa shape index (κ1) is 20.4. The molecular formula is C24H29N3O3S. The van der Waals surface area contributed by atoms with Crippen LogP contribution in [-0.4, -0.2) is 24.7 Å². The Morgan fingerprint density at radius 3 is 2.48 bits per heavy atom. The SMILES string of the molecule is Cc1cc(-c2cc(S(=O)(=O)C3CC3)ccc2N[C@H]2CC[C@H](C)CC2)c2cc[nH]c2[n+]1[O-]. The highest BCUT2D eigenvalue weighted by molar-refractivity contribution is 7.92. The molecule has 2 aromatic heterocycles. The second-order valence-electron chi connectivity index (χ2n) is 9.29. The lowest BCUT2D eigenvalue weighted by Gasteiger charge is -2.29. The molecule has 164 valence electrons. The molecule has 0 bridgehead atoms. The van der Waals surface area contributed by atoms with E-state index in [-0.39, 0.29) is 5.25 Å². The van der Waals surface area contributed by atoms with Crippen LogP contribution in [0.1, 0.15) is 51.1 Å². The number of hydrogen-bond acceptors (Lipinski definition) is 4. The number of aromatic nitrogens is 2. The summed E-state index contributed by atoms with van der Waals surface area (Å²) in [6, 6.07) is 9.57. The van der Waals surface area contributed by atoms with Crippen molar-refractivity contribution in [2.45, 2.75) is 68.6 Å². The van der Waals surface area contributed by atoms with Gasteiger partial charge in [-0.1, -0.05) is 6.92 Å². The number of sulfone groups is 1. The summed E-state index contributed by atoms with van der Waals surface area (Å²) in [5.74, 6) is 0.757. The highest BCUT2D eigenvalue weighted by Crippen LogP contribution is 2.40. The van der Waals surface area contributed by atoms with Crippen LogP contribution < -0.4 is 10.0 Å². The number of nitrogens with one attached hydrogen (secondary N) is 2. The van der Waals surface area contributed by atoms with Crippen molar-refractivity contribution in [1.82, 2.24) is 4.98 Å². The summed E-state index contributed by atoms with van der Waals surface area (Å²) in [6.07, 6.45) is 7.84. The molecule has 6 nitrogen and oxygen atoms in total. The lowest BCUT2D eigenvalue weighted by Crippen LogP contribution is -2.31. The summed E-state index contributed by atoms with van der Waals surface area (Å²) in [7, 11) is -3.31. The van der Waals surface area contributed by atoms with Gasteiger partial charge in [-0.05, 0) is 81.7 Å². The van der Waals surface area contributed by atoms with Gasteiger partial charge in [0.2, 0.25) is 0 Å². The van der Waals surface area contributed by atoms with Crippen LogP contribution in [0.4, 0.5) is 5.69 Å². The van der Waals surface area contributed by atoms with Crippen molar-refractivity contribution in [2.24, 2.45) is 5.92 Å². The van der Waals surface area contributed by atoms with E-state index in [4.69, 9.17) is 0 Å². The Morgan fingerprint density at radius 2 is 1.77 bits per heavy atom. The minimum absolute atomic E-state index is 0.257. The molecule has 2 saturated carbocycles. The van der Waals surface area contributed by atoms with Crippen LogP contribution in [0.25, 0.3) is 22.2 Å². The molecule has 0 atom stereocenters. The molecule has 31 heavy (non-hydrogen) atoms. The van der Waals surface area contributed by atoms with E-state index in [1.807, 2.05) is 18.2 Å². The van der Waals surface area contributed by atoms with Gasteiger partial charge in [0, 0.05) is 22.9 Å². The minimum Gasteiger partial charge on any atom is -0.710 e. The first-order valence-corrected chi connectivity index (χ1v) is 12.7. The first-order valence-electron chi connectivity index (χ1n) is 11.2. The molecule has 2 heterocycles. The van der Waals surface area contributed by atoms with Gasteiger partial charge in [-0.15, -0.1) is 0 Å². The third-order valence-electron chi connectivity index (χ3n) is 6.84. The Balaban J connectivity index is 1.64. The predicted molar refractivity (Wildman–Crippen MR) is 123 cm³/mol. The van der Waals surface area contributed by atoms with Gasteiger partial charge in [0.05, 0.1) is 21.7 Å². The highest BCUT2D eigenvalue weighted by atomic mass is 32.2. The number of pyridine rings is 1. The van der Waals surface area contributed by atoms with Crippen LogP contribution in [-0.2, 0) is 9.84 Å². The highest BCUT2D eigenvalue weighted by Gasteiger charge is 2.37. The zero-order valence-corrected chi connectivity index (χ0v) is 18.8. The van der Waals surface area contributed by atoms with E-state index in [0.717, 1.165) is 58.5 Å². The van der Waals surface area contributed by atoms with Crippen molar-refractivity contribution < 1.29 is 13.1 Å². The second kappa shape index (κ2) is 7.55. The maximum Gasteiger partial charge on any atom is 0.290 e. The molecule has 0 unspecified atom stereocenters. The monoisotopic (exact) mass is 439 g/mol. The number of aryl methyl sites for hydroxylation is 1. The van der Waals surface area contributed by atoms with Crippen molar-refractivity contribution in [1.29, 1.82) is 0 Å². The smallest absolute Gasteiger partial charge is 0.290 e. The Bertz CT molecular complexity index is 1240. The van der Waals surface area contributed by atoms with E-state index in [2.05, 4.69) is 17.2 Å². The molecule has 2 N–H and O–H groups in total. The summed E-state index contributed by atoms with van der Waals surface area (Å²) in [5, 5.41) is 16.7. The third kappa shape index (κ3) is 3.69. The Hall–Kier alpha value is -2.54. The molecule has 0 aliphatic heterocycles. The fourth-order valence-electron chi connectivity index (χ4n) is 4.73. The molecule has 3 aromatic rings. The fourth-order valence-corrected chi connectivity index (χ4v) is 6.42. The number of nitrogens with zero attached hydrogens (tertiary/aromatic N) is 1. The summed E-state index contributed by atoms with van der Waals surface area (Å²) in [5.41, 5.74) is 3.70. The quantitative estimate of drug-likeness (QED) is 0.445. The number of aromatic amines is 1. The second-order valence-corrected chi connectivity index (χ2v) is 11.5. The molecule has 2 fully saturated rings. The fraction of sp³-hybridized carbons (Fsp3) is 0.458. The zero-order chi connectivity index (χ0) is 21.8. The number of hydrogen-bond donors (Lipinski definition) is 2. The van der Waals surface area contributed by atoms with Gasteiger partial charge in [0.1, 0.15) is 5.69 Å². The number of fused-ring (bicyclic) bond motifs is 1. The van der Waals surface area contributed by atoms with Gasteiger partial charge in [0.25, 0.3) is 5.65 Å². The van der Waals surface area contributed by atoms with Gasteiger partial charge < -0.3 is 10.5 Å². The molecule has 0 saturated heterocycles. The number of H-pyrrole nitrogens is 1. The average Bonchev–Trinajstić information content (AvgIpc) is 3.51. The maximum absolute atomic E-state index is 13.0. The molecule has 2 aliphatic carbocycles. The van der Waals surface area contributed by atoms with Crippen LogP contribution in [0, 0.1) is 18.0 Å². The lowest BCUT2D eigenvalue weighted by molar-refractivity contribution is -0.586. The van der Waals surface area contributed by atoms with Crippen LogP contribution in [0.2, 0.25) is 0 Å². The van der Waals surface area contributed by atoms with Crippen LogP contribution in [0.5, 0.6) is 0 Å². The van der Waals surface area contributed by atoms with Crippen molar-refractivity contribution in [2.75, 3.05) is 5.32 Å². The van der Waals surface area contributed by atoms with E-state index >= 15 is 0 Å². The van der Waals surface area contributed by atoms with Gasteiger partial charge in [0.15, 0.2) is 9.84 Å². The van der Waals surface area contributed by atoms with Crippen LogP contribution in [0.15, 0.2) is 41.4 Å². The first-order chi connectivity index (χ1) is 14.8. The molecule has 0 spiro atoms. The van der Waals surface area contributed by atoms with Crippen LogP contribution in [0.3, 0.4) is 0 Å². The standard InChI is InChI=1S/C24H29N3O3S/c1-15-3-5-17(6-4-15)26-23-10-9-19(31(29,30)18-7-8-18)14-22(23)21-13-16(2)27(28)24-20(21)11-12-25-24/h9-15,17-18,25-26H,3-8H2,1-2H3/t15-,17-. The molecule has 0 amide bonds. The molecule has 5 rings (SSSR count). The molecule has 0 radical (unpaired) electrons. The number of rotatable bonds is 5. The van der Waals surface area contributed by atoms with E-state index in [0.29, 0.717) is 22.3 Å².